The van der Waals surface area contributed by atoms with Crippen LogP contribution in [0.3, 0.4) is 0 Å². The van der Waals surface area contributed by atoms with Crippen LogP contribution in [-0.4, -0.2) is 13.0 Å². The number of amides is 1. The molecule has 12 heavy (non-hydrogen) atoms. The molecule has 0 unspecified atom stereocenters. The maximum atomic E-state index is 10.1. The van der Waals surface area contributed by atoms with Crippen molar-refractivity contribution in [2.24, 2.45) is 0 Å². The molecule has 0 radical (unpaired) electrons. The highest BCUT2D eigenvalue weighted by molar-refractivity contribution is 7.09. The van der Waals surface area contributed by atoms with Gasteiger partial charge < -0.3 is 5.32 Å². The lowest BCUT2D eigenvalue weighted by atomic mass is 10.5. The van der Waals surface area contributed by atoms with E-state index in [0.717, 1.165) is 0 Å². The highest BCUT2D eigenvalue weighted by Crippen LogP contribution is 2.03. The van der Waals surface area contributed by atoms with Gasteiger partial charge >= 0.3 is 0 Å². The number of thiophene rings is 1. The third-order valence-corrected chi connectivity index (χ3v) is 2.06. The normalized spacial score (nSPS) is 8.25. The molecule has 1 aromatic rings. The van der Waals surface area contributed by atoms with E-state index < -0.39 is 0 Å². The zero-order chi connectivity index (χ0) is 9.40. The van der Waals surface area contributed by atoms with Crippen molar-refractivity contribution in [2.75, 3.05) is 7.05 Å². The first-order valence-electron chi connectivity index (χ1n) is 3.91. The number of carbonyl (C=O) groups is 1. The number of hydrogen-bond acceptors (Lipinski definition) is 2. The minimum absolute atomic E-state index is 0.0926. The molecule has 0 saturated carbocycles. The maximum Gasteiger partial charge on any atom is 0.219 e. The maximum absolute atomic E-state index is 10.1. The topological polar surface area (TPSA) is 29.1 Å². The van der Waals surface area contributed by atoms with Crippen molar-refractivity contribution in [3.8, 4) is 0 Å². The van der Waals surface area contributed by atoms with Gasteiger partial charge in [-0.05, 0) is 18.4 Å². The minimum atomic E-state index is 0.0926. The van der Waals surface area contributed by atoms with Crippen LogP contribution < -0.4 is 5.32 Å². The fourth-order valence-electron chi connectivity index (χ4n) is 0.537. The summed E-state index contributed by atoms with van der Waals surface area (Å²) < 4.78 is 0. The Morgan fingerprint density at radius 3 is 2.42 bits per heavy atom. The van der Waals surface area contributed by atoms with Gasteiger partial charge in [-0.15, -0.1) is 11.3 Å². The van der Waals surface area contributed by atoms with E-state index >= 15 is 0 Å². The molecule has 0 aliphatic carbocycles. The van der Waals surface area contributed by atoms with E-state index in [9.17, 15) is 4.79 Å². The summed E-state index contributed by atoms with van der Waals surface area (Å²) >= 11 is 1.78. The number of aryl methyl sites for hydroxylation is 1. The first-order chi connectivity index (χ1) is 5.70. The van der Waals surface area contributed by atoms with E-state index in [1.165, 1.54) is 4.88 Å². The Kier molecular flexibility index (Phi) is 6.38. The van der Waals surface area contributed by atoms with E-state index in [2.05, 4.69) is 29.8 Å². The lowest BCUT2D eigenvalue weighted by Gasteiger charge is -1.87. The molecule has 0 bridgehead atoms. The summed E-state index contributed by atoms with van der Waals surface area (Å²) in [6.07, 6.45) is 0.580. The second-order valence-corrected chi connectivity index (χ2v) is 3.40. The van der Waals surface area contributed by atoms with E-state index in [4.69, 9.17) is 0 Å². The molecule has 0 fully saturated rings. The summed E-state index contributed by atoms with van der Waals surface area (Å²) in [6, 6.07) is 4.16. The second-order valence-electron chi connectivity index (χ2n) is 2.25. The number of hydrogen-bond donors (Lipinski definition) is 1. The lowest BCUT2D eigenvalue weighted by molar-refractivity contribution is -0.120. The average molecular weight is 185 g/mol. The zero-order valence-corrected chi connectivity index (χ0v) is 8.57. The van der Waals surface area contributed by atoms with Crippen LogP contribution in [0.5, 0.6) is 0 Å². The van der Waals surface area contributed by atoms with Gasteiger partial charge in [-0.1, -0.05) is 13.0 Å². The smallest absolute Gasteiger partial charge is 0.219 e. The average Bonchev–Trinajstić information content (AvgIpc) is 2.55. The third kappa shape index (κ3) is 5.92. The number of rotatable bonds is 1. The van der Waals surface area contributed by atoms with Crippen molar-refractivity contribution in [2.45, 2.75) is 20.3 Å². The molecular formula is C9H15NOS. The minimum Gasteiger partial charge on any atom is -0.359 e. The monoisotopic (exact) mass is 185 g/mol. The van der Waals surface area contributed by atoms with Gasteiger partial charge in [0.2, 0.25) is 5.91 Å². The lowest BCUT2D eigenvalue weighted by Crippen LogP contribution is -2.15. The summed E-state index contributed by atoms with van der Waals surface area (Å²) in [7, 11) is 1.63. The predicted octanol–water partition coefficient (Wildman–Crippen LogP) is 2.20. The fraction of sp³-hybridized carbons (Fsp3) is 0.444. The van der Waals surface area contributed by atoms with Gasteiger partial charge in [0.05, 0.1) is 0 Å². The summed E-state index contributed by atoms with van der Waals surface area (Å²) in [5, 5.41) is 4.55. The first kappa shape index (κ1) is 11.2. The number of carbonyl (C=O) groups excluding carboxylic acids is 1. The van der Waals surface area contributed by atoms with Crippen LogP contribution >= 0.6 is 11.3 Å². The Bertz CT molecular complexity index is 200. The molecule has 0 atom stereocenters. The van der Waals surface area contributed by atoms with E-state index in [-0.39, 0.29) is 5.91 Å². The summed E-state index contributed by atoms with van der Waals surface area (Å²) in [4.78, 5) is 11.5. The van der Waals surface area contributed by atoms with Crippen LogP contribution in [-0.2, 0) is 4.79 Å². The highest BCUT2D eigenvalue weighted by atomic mass is 32.1. The summed E-state index contributed by atoms with van der Waals surface area (Å²) in [5.74, 6) is 0.0926. The molecule has 1 amide bonds. The van der Waals surface area contributed by atoms with Gasteiger partial charge in [0.15, 0.2) is 0 Å². The molecule has 0 aliphatic rings. The Hall–Kier alpha value is -0.830. The van der Waals surface area contributed by atoms with Gasteiger partial charge in [-0.25, -0.2) is 0 Å². The van der Waals surface area contributed by atoms with Crippen molar-refractivity contribution in [3.05, 3.63) is 22.4 Å². The Morgan fingerprint density at radius 2 is 2.33 bits per heavy atom. The van der Waals surface area contributed by atoms with Crippen LogP contribution in [0.2, 0.25) is 0 Å². The van der Waals surface area contributed by atoms with Crippen molar-refractivity contribution >= 4 is 17.2 Å². The molecule has 0 aromatic carbocycles. The van der Waals surface area contributed by atoms with Gasteiger partial charge in [0.25, 0.3) is 0 Å². The predicted molar refractivity (Wildman–Crippen MR) is 53.4 cm³/mol. The fourth-order valence-corrected chi connectivity index (χ4v) is 1.07. The van der Waals surface area contributed by atoms with Gasteiger partial charge in [0.1, 0.15) is 0 Å². The third-order valence-electron chi connectivity index (χ3n) is 1.26. The molecule has 0 aliphatic heterocycles. The second kappa shape index (κ2) is 6.85. The van der Waals surface area contributed by atoms with Crippen molar-refractivity contribution in [1.29, 1.82) is 0 Å². The molecule has 3 heteroatoms. The molecule has 1 rings (SSSR count). The Morgan fingerprint density at radius 1 is 1.67 bits per heavy atom. The van der Waals surface area contributed by atoms with Crippen LogP contribution in [0, 0.1) is 6.92 Å². The molecule has 1 aromatic heterocycles. The standard InChI is InChI=1S/C5H6S.C4H9NO/c1-5-3-2-4-6-5;1-3-4(6)5-2/h2-4H,1H3;3H2,1-2H3,(H,5,6). The van der Waals surface area contributed by atoms with Crippen LogP contribution in [0.15, 0.2) is 17.5 Å². The van der Waals surface area contributed by atoms with Crippen LogP contribution in [0.1, 0.15) is 18.2 Å². The zero-order valence-electron chi connectivity index (χ0n) is 7.76. The molecule has 0 spiro atoms. The molecule has 1 N–H and O–H groups in total. The van der Waals surface area contributed by atoms with Crippen molar-refractivity contribution in [3.63, 3.8) is 0 Å². The Labute approximate surface area is 77.6 Å². The highest BCUT2D eigenvalue weighted by Gasteiger charge is 1.84. The molecular weight excluding hydrogens is 170 g/mol. The molecule has 0 saturated heterocycles. The Balaban J connectivity index is 0.000000202. The van der Waals surface area contributed by atoms with Crippen molar-refractivity contribution < 1.29 is 4.79 Å². The van der Waals surface area contributed by atoms with Crippen LogP contribution in [0.25, 0.3) is 0 Å². The quantitative estimate of drug-likeness (QED) is 0.714. The molecule has 2 nitrogen and oxygen atoms in total. The molecule has 1 heterocycles. The summed E-state index contributed by atoms with van der Waals surface area (Å²) in [6.45, 7) is 3.92. The van der Waals surface area contributed by atoms with Gasteiger partial charge in [-0.3, -0.25) is 4.79 Å². The SMILES string of the molecule is CCC(=O)NC.Cc1cccs1. The largest absolute Gasteiger partial charge is 0.359 e. The molecule has 68 valence electrons. The van der Waals surface area contributed by atoms with Gasteiger partial charge in [-0.2, -0.15) is 0 Å². The summed E-state index contributed by atoms with van der Waals surface area (Å²) in [5.41, 5.74) is 0. The van der Waals surface area contributed by atoms with Gasteiger partial charge in [0, 0.05) is 18.3 Å². The van der Waals surface area contributed by atoms with E-state index in [1.807, 2.05) is 6.92 Å². The number of nitrogens with one attached hydrogen (secondary N) is 1. The van der Waals surface area contributed by atoms with Crippen LogP contribution in [0.4, 0.5) is 0 Å². The van der Waals surface area contributed by atoms with E-state index in [1.54, 1.807) is 18.4 Å². The first-order valence-corrected chi connectivity index (χ1v) is 4.79. The van der Waals surface area contributed by atoms with E-state index in [0.29, 0.717) is 6.42 Å². The van der Waals surface area contributed by atoms with Crippen molar-refractivity contribution in [1.82, 2.24) is 5.32 Å².